The molecule has 0 aliphatic heterocycles. The predicted octanol–water partition coefficient (Wildman–Crippen LogP) is 3.38. The minimum Gasteiger partial charge on any atom is -0.481 e. The fourth-order valence-corrected chi connectivity index (χ4v) is 2.74. The van der Waals surface area contributed by atoms with E-state index in [-0.39, 0.29) is 11.8 Å². The quantitative estimate of drug-likeness (QED) is 0.814. The second kappa shape index (κ2) is 4.50. The number of carbonyl (C=O) groups is 1. The number of hydrogen-bond donors (Lipinski definition) is 1. The van der Waals surface area contributed by atoms with Gasteiger partial charge in [0.15, 0.2) is 0 Å². The lowest BCUT2D eigenvalue weighted by Gasteiger charge is -2.05. The third-order valence-electron chi connectivity index (χ3n) is 2.79. The normalized spacial score (nSPS) is 23.4. The van der Waals surface area contributed by atoms with E-state index < -0.39 is 5.97 Å². The van der Waals surface area contributed by atoms with Crippen molar-refractivity contribution >= 4 is 17.7 Å². The molecule has 1 aliphatic rings. The van der Waals surface area contributed by atoms with Gasteiger partial charge in [0.1, 0.15) is 0 Å². The lowest BCUT2D eigenvalue weighted by Crippen LogP contribution is -1.98. The van der Waals surface area contributed by atoms with Crippen LogP contribution in [0.25, 0.3) is 0 Å². The number of thioether (sulfide) groups is 1. The van der Waals surface area contributed by atoms with Gasteiger partial charge in [-0.1, -0.05) is 26.0 Å². The Morgan fingerprint density at radius 2 is 2.00 bits per heavy atom. The number of benzene rings is 1. The zero-order chi connectivity index (χ0) is 11.7. The maximum absolute atomic E-state index is 10.8. The first-order valence-electron chi connectivity index (χ1n) is 5.57. The number of hydrogen-bond acceptors (Lipinski definition) is 2. The van der Waals surface area contributed by atoms with Crippen molar-refractivity contribution in [1.29, 1.82) is 0 Å². The second-order valence-electron chi connectivity index (χ2n) is 4.52. The summed E-state index contributed by atoms with van der Waals surface area (Å²) in [6.07, 6.45) is 0.798. The van der Waals surface area contributed by atoms with Gasteiger partial charge in [0, 0.05) is 10.1 Å². The van der Waals surface area contributed by atoms with E-state index in [1.54, 1.807) is 0 Å². The molecule has 2 rings (SSSR count). The predicted molar refractivity (Wildman–Crippen MR) is 65.9 cm³/mol. The summed E-state index contributed by atoms with van der Waals surface area (Å²) in [6.45, 7) is 4.33. The molecule has 0 aromatic heterocycles. The van der Waals surface area contributed by atoms with Gasteiger partial charge >= 0.3 is 5.97 Å². The third kappa shape index (κ3) is 2.59. The van der Waals surface area contributed by atoms with Crippen molar-refractivity contribution in [3.8, 4) is 0 Å². The maximum Gasteiger partial charge on any atom is 0.307 e. The molecule has 0 saturated heterocycles. The van der Waals surface area contributed by atoms with E-state index in [2.05, 4.69) is 38.1 Å². The molecular weight excluding hydrogens is 220 g/mol. The molecule has 0 spiro atoms. The molecule has 0 heterocycles. The van der Waals surface area contributed by atoms with Gasteiger partial charge in [0.25, 0.3) is 0 Å². The van der Waals surface area contributed by atoms with Crippen LogP contribution in [0.1, 0.15) is 31.7 Å². The van der Waals surface area contributed by atoms with E-state index in [4.69, 9.17) is 5.11 Å². The minimum atomic E-state index is -0.661. The van der Waals surface area contributed by atoms with E-state index in [1.165, 1.54) is 10.5 Å². The highest BCUT2D eigenvalue weighted by Crippen LogP contribution is 2.47. The van der Waals surface area contributed by atoms with Gasteiger partial charge in [-0.15, -0.1) is 11.8 Å². The van der Waals surface area contributed by atoms with E-state index >= 15 is 0 Å². The van der Waals surface area contributed by atoms with Crippen LogP contribution < -0.4 is 0 Å². The van der Waals surface area contributed by atoms with Crippen LogP contribution in [-0.2, 0) is 4.79 Å². The van der Waals surface area contributed by atoms with Gasteiger partial charge < -0.3 is 5.11 Å². The summed E-state index contributed by atoms with van der Waals surface area (Å²) in [5.74, 6) is -0.565. The monoisotopic (exact) mass is 236 g/mol. The number of carboxylic acids is 1. The van der Waals surface area contributed by atoms with Crippen LogP contribution in [-0.4, -0.2) is 16.3 Å². The van der Waals surface area contributed by atoms with Crippen molar-refractivity contribution in [2.45, 2.75) is 36.3 Å². The highest BCUT2D eigenvalue weighted by Gasteiger charge is 2.43. The van der Waals surface area contributed by atoms with Crippen molar-refractivity contribution in [1.82, 2.24) is 0 Å². The molecule has 1 aromatic rings. The first-order chi connectivity index (χ1) is 7.58. The lowest BCUT2D eigenvalue weighted by atomic mass is 10.1. The number of carboxylic acid groups (broad SMARTS) is 1. The Balaban J connectivity index is 2.01. The Hall–Kier alpha value is -0.960. The van der Waals surface area contributed by atoms with Gasteiger partial charge in [-0.25, -0.2) is 0 Å². The first kappa shape index (κ1) is 11.5. The molecule has 0 bridgehead atoms. The van der Waals surface area contributed by atoms with Crippen molar-refractivity contribution in [2.75, 3.05) is 0 Å². The molecule has 3 heteroatoms. The smallest absolute Gasteiger partial charge is 0.307 e. The molecule has 16 heavy (non-hydrogen) atoms. The fourth-order valence-electron chi connectivity index (χ4n) is 1.90. The van der Waals surface area contributed by atoms with Gasteiger partial charge in [0.2, 0.25) is 0 Å². The number of rotatable bonds is 4. The Morgan fingerprint density at radius 1 is 1.38 bits per heavy atom. The molecular formula is C13H16O2S. The van der Waals surface area contributed by atoms with Crippen LogP contribution >= 0.6 is 11.8 Å². The molecule has 0 amide bonds. The van der Waals surface area contributed by atoms with Crippen molar-refractivity contribution < 1.29 is 9.90 Å². The summed E-state index contributed by atoms with van der Waals surface area (Å²) in [6, 6.07) is 8.32. The summed E-state index contributed by atoms with van der Waals surface area (Å²) >= 11 is 1.83. The van der Waals surface area contributed by atoms with Crippen molar-refractivity contribution in [3.05, 3.63) is 29.8 Å². The van der Waals surface area contributed by atoms with E-state index in [0.717, 1.165) is 6.42 Å². The van der Waals surface area contributed by atoms with Gasteiger partial charge in [-0.3, -0.25) is 4.79 Å². The summed E-state index contributed by atoms with van der Waals surface area (Å²) < 4.78 is 0. The second-order valence-corrected chi connectivity index (χ2v) is 6.17. The molecule has 2 atom stereocenters. The third-order valence-corrected chi connectivity index (χ3v) is 3.80. The Morgan fingerprint density at radius 3 is 2.44 bits per heavy atom. The van der Waals surface area contributed by atoms with Crippen LogP contribution in [0.5, 0.6) is 0 Å². The van der Waals surface area contributed by atoms with Crippen molar-refractivity contribution in [2.24, 2.45) is 5.92 Å². The molecule has 0 radical (unpaired) electrons. The highest BCUT2D eigenvalue weighted by molar-refractivity contribution is 7.99. The number of aliphatic carboxylic acids is 1. The maximum atomic E-state index is 10.8. The van der Waals surface area contributed by atoms with Crippen LogP contribution in [0.15, 0.2) is 29.2 Å². The molecule has 2 nitrogen and oxygen atoms in total. The highest BCUT2D eigenvalue weighted by atomic mass is 32.2. The Bertz CT molecular complexity index is 383. The minimum absolute atomic E-state index is 0.149. The van der Waals surface area contributed by atoms with Crippen LogP contribution in [0.4, 0.5) is 0 Å². The molecule has 86 valence electrons. The molecule has 1 aromatic carbocycles. The fraction of sp³-hybridized carbons (Fsp3) is 0.462. The van der Waals surface area contributed by atoms with Crippen molar-refractivity contribution in [3.63, 3.8) is 0 Å². The summed E-state index contributed by atoms with van der Waals surface area (Å²) in [4.78, 5) is 12.0. The summed E-state index contributed by atoms with van der Waals surface area (Å²) in [5, 5.41) is 9.44. The van der Waals surface area contributed by atoms with Gasteiger partial charge in [-0.2, -0.15) is 0 Å². The summed E-state index contributed by atoms with van der Waals surface area (Å²) in [5.41, 5.74) is 1.17. The molecule has 1 fully saturated rings. The van der Waals surface area contributed by atoms with Crippen LogP contribution in [0.2, 0.25) is 0 Å². The lowest BCUT2D eigenvalue weighted by molar-refractivity contribution is -0.138. The Labute approximate surface area is 100 Å². The van der Waals surface area contributed by atoms with E-state index in [1.807, 2.05) is 11.8 Å². The average Bonchev–Trinajstić information content (AvgIpc) is 2.97. The Kier molecular flexibility index (Phi) is 3.24. The van der Waals surface area contributed by atoms with Gasteiger partial charge in [0.05, 0.1) is 5.92 Å². The summed E-state index contributed by atoms with van der Waals surface area (Å²) in [7, 11) is 0. The van der Waals surface area contributed by atoms with Crippen LogP contribution in [0, 0.1) is 5.92 Å². The first-order valence-corrected chi connectivity index (χ1v) is 6.45. The zero-order valence-corrected chi connectivity index (χ0v) is 10.3. The van der Waals surface area contributed by atoms with E-state index in [0.29, 0.717) is 5.25 Å². The van der Waals surface area contributed by atoms with Gasteiger partial charge in [-0.05, 0) is 30.0 Å². The molecule has 2 unspecified atom stereocenters. The zero-order valence-electron chi connectivity index (χ0n) is 9.51. The topological polar surface area (TPSA) is 37.3 Å². The largest absolute Gasteiger partial charge is 0.481 e. The van der Waals surface area contributed by atoms with E-state index in [9.17, 15) is 4.79 Å². The SMILES string of the molecule is CC(C)Sc1ccc(C2CC2C(=O)O)cc1. The van der Waals surface area contributed by atoms with Crippen LogP contribution in [0.3, 0.4) is 0 Å². The standard InChI is InChI=1S/C13H16O2S/c1-8(2)16-10-5-3-9(4-6-10)11-7-12(11)13(14)15/h3-6,8,11-12H,7H2,1-2H3,(H,14,15). The molecule has 1 aliphatic carbocycles. The molecule has 1 saturated carbocycles. The molecule has 1 N–H and O–H groups in total. The average molecular weight is 236 g/mol.